The molecule has 29 heavy (non-hydrogen) atoms. The smallest absolute Gasteiger partial charge is 0.262 e. The molecular formula is C21H26N4O2S2. The largest absolute Gasteiger partial charge is 0.354 e. The molecule has 1 amide bonds. The Morgan fingerprint density at radius 1 is 1.34 bits per heavy atom. The van der Waals surface area contributed by atoms with Crippen molar-refractivity contribution in [3.8, 4) is 0 Å². The average molecular weight is 431 g/mol. The number of nitrogens with zero attached hydrogens (tertiary/aromatic N) is 3. The molecule has 0 fully saturated rings. The zero-order valence-electron chi connectivity index (χ0n) is 16.8. The van der Waals surface area contributed by atoms with Crippen LogP contribution in [0, 0.1) is 0 Å². The number of likely N-dealkylation sites (N-methyl/N-ethyl adjacent to an activating group) is 1. The average Bonchev–Trinajstić information content (AvgIpc) is 3.35. The van der Waals surface area contributed by atoms with Gasteiger partial charge in [0.05, 0.1) is 17.8 Å². The molecule has 154 valence electrons. The first-order valence-corrected chi connectivity index (χ1v) is 11.7. The lowest BCUT2D eigenvalue weighted by atomic mass is 9.97. The highest BCUT2D eigenvalue weighted by molar-refractivity contribution is 7.18. The molecule has 1 aliphatic rings. The maximum Gasteiger partial charge on any atom is 0.262 e. The van der Waals surface area contributed by atoms with E-state index in [0.717, 1.165) is 29.5 Å². The van der Waals surface area contributed by atoms with Crippen LogP contribution in [-0.2, 0) is 24.2 Å². The maximum absolute atomic E-state index is 13.0. The van der Waals surface area contributed by atoms with Crippen molar-refractivity contribution in [2.75, 3.05) is 20.6 Å². The highest BCUT2D eigenvalue weighted by Gasteiger charge is 2.20. The van der Waals surface area contributed by atoms with E-state index in [0.29, 0.717) is 13.1 Å². The molecule has 1 aliphatic carbocycles. The molecule has 1 N–H and O–H groups in total. The van der Waals surface area contributed by atoms with Crippen LogP contribution < -0.4 is 10.9 Å². The van der Waals surface area contributed by atoms with Crippen LogP contribution in [0.3, 0.4) is 0 Å². The quantitative estimate of drug-likeness (QED) is 0.625. The highest BCUT2D eigenvalue weighted by Crippen LogP contribution is 2.33. The second kappa shape index (κ2) is 8.77. The van der Waals surface area contributed by atoms with Gasteiger partial charge in [0.15, 0.2) is 0 Å². The normalized spacial score (nSPS) is 14.9. The van der Waals surface area contributed by atoms with Crippen LogP contribution >= 0.6 is 22.7 Å². The molecule has 0 saturated heterocycles. The van der Waals surface area contributed by atoms with Crippen molar-refractivity contribution < 1.29 is 4.79 Å². The van der Waals surface area contributed by atoms with Crippen molar-refractivity contribution >= 4 is 38.8 Å². The molecule has 0 radical (unpaired) electrons. The third kappa shape index (κ3) is 4.29. The Labute approximate surface area is 178 Å². The molecule has 4 rings (SSSR count). The second-order valence-electron chi connectivity index (χ2n) is 7.68. The van der Waals surface area contributed by atoms with E-state index in [1.165, 1.54) is 21.7 Å². The molecule has 0 aromatic carbocycles. The first kappa shape index (κ1) is 20.3. The topological polar surface area (TPSA) is 67.2 Å². The molecule has 0 aliphatic heterocycles. The minimum Gasteiger partial charge on any atom is -0.354 e. The monoisotopic (exact) mass is 430 g/mol. The third-order valence-corrected chi connectivity index (χ3v) is 7.68. The van der Waals surface area contributed by atoms with Crippen molar-refractivity contribution in [3.05, 3.63) is 49.5 Å². The van der Waals surface area contributed by atoms with E-state index in [1.807, 2.05) is 25.5 Å². The molecule has 1 atom stereocenters. The number of carbonyl (C=O) groups is 1. The van der Waals surface area contributed by atoms with Gasteiger partial charge in [0.25, 0.3) is 5.56 Å². The van der Waals surface area contributed by atoms with E-state index in [4.69, 9.17) is 0 Å². The van der Waals surface area contributed by atoms with Gasteiger partial charge in [0, 0.05) is 29.3 Å². The number of rotatable bonds is 7. The van der Waals surface area contributed by atoms with Gasteiger partial charge in [-0.3, -0.25) is 14.2 Å². The van der Waals surface area contributed by atoms with Gasteiger partial charge in [0.1, 0.15) is 4.83 Å². The van der Waals surface area contributed by atoms with Crippen molar-refractivity contribution in [3.63, 3.8) is 0 Å². The first-order valence-electron chi connectivity index (χ1n) is 10.0. The number of hydrogen-bond donors (Lipinski definition) is 1. The van der Waals surface area contributed by atoms with Crippen molar-refractivity contribution in [1.82, 2.24) is 19.8 Å². The Morgan fingerprint density at radius 2 is 2.17 bits per heavy atom. The molecule has 1 unspecified atom stereocenters. The Morgan fingerprint density at radius 3 is 2.93 bits per heavy atom. The van der Waals surface area contributed by atoms with Gasteiger partial charge in [-0.2, -0.15) is 0 Å². The molecule has 0 spiro atoms. The molecule has 0 saturated carbocycles. The fourth-order valence-corrected chi connectivity index (χ4v) is 6.02. The Hall–Kier alpha value is -2.03. The fraction of sp³-hybridized carbons (Fsp3) is 0.476. The van der Waals surface area contributed by atoms with Crippen LogP contribution in [0.4, 0.5) is 0 Å². The zero-order chi connectivity index (χ0) is 20.4. The fourth-order valence-electron chi connectivity index (χ4n) is 3.88. The van der Waals surface area contributed by atoms with Crippen LogP contribution in [-0.4, -0.2) is 41.0 Å². The maximum atomic E-state index is 13.0. The van der Waals surface area contributed by atoms with E-state index < -0.39 is 0 Å². The van der Waals surface area contributed by atoms with Gasteiger partial charge in [-0.05, 0) is 56.8 Å². The van der Waals surface area contributed by atoms with E-state index >= 15 is 0 Å². The van der Waals surface area contributed by atoms with Gasteiger partial charge >= 0.3 is 0 Å². The standard InChI is InChI=1S/C21H26N4O2S2/c1-24(2)15(17-8-5-11-28-17)12-22-18(26)9-10-25-13-23-20-19(21(25)27)14-6-3-4-7-16(14)29-20/h5,8,11,13,15H,3-4,6-7,9-10,12H2,1-2H3,(H,22,26). The number of aryl methyl sites for hydroxylation is 3. The van der Waals surface area contributed by atoms with Crippen molar-refractivity contribution in [2.45, 2.75) is 44.7 Å². The van der Waals surface area contributed by atoms with Crippen LogP contribution in [0.25, 0.3) is 10.2 Å². The molecule has 3 heterocycles. The molecular weight excluding hydrogens is 404 g/mol. The summed E-state index contributed by atoms with van der Waals surface area (Å²) in [5, 5.41) is 5.84. The minimum atomic E-state index is -0.0484. The minimum absolute atomic E-state index is 0.00745. The third-order valence-electron chi connectivity index (χ3n) is 5.51. The van der Waals surface area contributed by atoms with Crippen molar-refractivity contribution in [1.29, 1.82) is 0 Å². The molecule has 3 aromatic rings. The lowest BCUT2D eigenvalue weighted by molar-refractivity contribution is -0.121. The second-order valence-corrected chi connectivity index (χ2v) is 9.75. The zero-order valence-corrected chi connectivity index (χ0v) is 18.4. The number of carbonyl (C=O) groups excluding carboxylic acids is 1. The molecule has 0 bridgehead atoms. The summed E-state index contributed by atoms with van der Waals surface area (Å²) in [7, 11) is 4.02. The summed E-state index contributed by atoms with van der Waals surface area (Å²) < 4.78 is 1.59. The number of amides is 1. The number of hydrogen-bond acceptors (Lipinski definition) is 6. The van der Waals surface area contributed by atoms with Crippen LogP contribution in [0.5, 0.6) is 0 Å². The Bertz CT molecular complexity index is 1050. The van der Waals surface area contributed by atoms with E-state index in [2.05, 4.69) is 21.3 Å². The van der Waals surface area contributed by atoms with Gasteiger partial charge in [-0.15, -0.1) is 22.7 Å². The molecule has 3 aromatic heterocycles. The first-order chi connectivity index (χ1) is 14.0. The SMILES string of the molecule is CN(C)C(CNC(=O)CCn1cnc2sc3c(c2c1=O)CCCC3)c1cccs1. The summed E-state index contributed by atoms with van der Waals surface area (Å²) in [6.45, 7) is 0.903. The summed E-state index contributed by atoms with van der Waals surface area (Å²) in [6.07, 6.45) is 6.19. The number of aromatic nitrogens is 2. The Balaban J connectivity index is 1.41. The lowest BCUT2D eigenvalue weighted by Gasteiger charge is -2.23. The van der Waals surface area contributed by atoms with Gasteiger partial charge in [-0.1, -0.05) is 6.07 Å². The highest BCUT2D eigenvalue weighted by atomic mass is 32.1. The molecule has 8 heteroatoms. The van der Waals surface area contributed by atoms with Crippen LogP contribution in [0.2, 0.25) is 0 Å². The van der Waals surface area contributed by atoms with Crippen LogP contribution in [0.15, 0.2) is 28.6 Å². The van der Waals surface area contributed by atoms with Crippen LogP contribution in [0.1, 0.15) is 40.6 Å². The summed E-state index contributed by atoms with van der Waals surface area (Å²) in [5.74, 6) is -0.0484. The Kier molecular flexibility index (Phi) is 6.12. The summed E-state index contributed by atoms with van der Waals surface area (Å²) in [4.78, 5) is 35.4. The van der Waals surface area contributed by atoms with E-state index in [1.54, 1.807) is 33.6 Å². The number of fused-ring (bicyclic) bond motifs is 3. The van der Waals surface area contributed by atoms with Crippen molar-refractivity contribution in [2.24, 2.45) is 0 Å². The lowest BCUT2D eigenvalue weighted by Crippen LogP contribution is -2.35. The predicted octanol–water partition coefficient (Wildman–Crippen LogP) is 3.21. The van der Waals surface area contributed by atoms with Gasteiger partial charge < -0.3 is 10.2 Å². The number of nitrogens with one attached hydrogen (secondary N) is 1. The van der Waals surface area contributed by atoms with E-state index in [-0.39, 0.29) is 23.9 Å². The summed E-state index contributed by atoms with van der Waals surface area (Å²) in [6, 6.07) is 4.26. The predicted molar refractivity (Wildman–Crippen MR) is 119 cm³/mol. The summed E-state index contributed by atoms with van der Waals surface area (Å²) in [5.41, 5.74) is 1.18. The van der Waals surface area contributed by atoms with Gasteiger partial charge in [-0.25, -0.2) is 4.98 Å². The number of thiophene rings is 2. The summed E-state index contributed by atoms with van der Waals surface area (Å²) >= 11 is 3.34. The van der Waals surface area contributed by atoms with Gasteiger partial charge in [0.2, 0.25) is 5.91 Å². The molecule has 6 nitrogen and oxygen atoms in total. The van der Waals surface area contributed by atoms with E-state index in [9.17, 15) is 9.59 Å².